The highest BCUT2D eigenvalue weighted by atomic mass is 16.2. The Labute approximate surface area is 67.7 Å². The molecule has 1 amide bonds. The lowest BCUT2D eigenvalue weighted by molar-refractivity contribution is -0.112. The Morgan fingerprint density at radius 1 is 1.82 bits per heavy atom. The van der Waals surface area contributed by atoms with Gasteiger partial charge in [-0.3, -0.25) is 4.79 Å². The monoisotopic (exact) mass is 153 g/mol. The summed E-state index contributed by atoms with van der Waals surface area (Å²) in [6.07, 6.45) is 3.92. The normalized spacial score (nSPS) is 30.9. The molecule has 0 bridgehead atoms. The first-order valence-corrected chi connectivity index (χ1v) is 4.13. The molecule has 11 heavy (non-hydrogen) atoms. The Balaban J connectivity index is 2.57. The third kappa shape index (κ3) is 1.17. The van der Waals surface area contributed by atoms with Gasteiger partial charge in [0.2, 0.25) is 0 Å². The van der Waals surface area contributed by atoms with Gasteiger partial charge in [-0.25, -0.2) is 0 Å². The summed E-state index contributed by atoms with van der Waals surface area (Å²) in [4.78, 5) is 11.0. The Hall–Kier alpha value is -0.790. The fraction of sp³-hybridized carbons (Fsp3) is 0.667. The van der Waals surface area contributed by atoms with E-state index in [0.29, 0.717) is 5.92 Å². The molecule has 0 aromatic heterocycles. The second-order valence-corrected chi connectivity index (χ2v) is 3.22. The predicted molar refractivity (Wildman–Crippen MR) is 45.1 cm³/mol. The highest BCUT2D eigenvalue weighted by Gasteiger charge is 2.54. The maximum Gasteiger partial charge on any atom is 0.251 e. The Bertz CT molecular complexity index is 188. The highest BCUT2D eigenvalue weighted by molar-refractivity contribution is 6.04. The van der Waals surface area contributed by atoms with Gasteiger partial charge in [-0.15, -0.1) is 6.58 Å². The van der Waals surface area contributed by atoms with E-state index in [0.717, 1.165) is 12.8 Å². The van der Waals surface area contributed by atoms with E-state index in [-0.39, 0.29) is 11.4 Å². The van der Waals surface area contributed by atoms with Crippen LogP contribution >= 0.6 is 0 Å². The zero-order valence-electron chi connectivity index (χ0n) is 7.18. The van der Waals surface area contributed by atoms with Gasteiger partial charge in [-0.05, 0) is 12.3 Å². The fourth-order valence-corrected chi connectivity index (χ4v) is 1.51. The average molecular weight is 153 g/mol. The van der Waals surface area contributed by atoms with E-state index in [2.05, 4.69) is 25.7 Å². The molecule has 1 aliphatic rings. The van der Waals surface area contributed by atoms with E-state index in [4.69, 9.17) is 0 Å². The number of rotatable bonds is 4. The van der Waals surface area contributed by atoms with Crippen molar-refractivity contribution in [2.45, 2.75) is 32.2 Å². The largest absolute Gasteiger partial charge is 0.336 e. The molecule has 0 saturated carbocycles. The van der Waals surface area contributed by atoms with Gasteiger partial charge >= 0.3 is 0 Å². The van der Waals surface area contributed by atoms with E-state index in [1.807, 2.05) is 0 Å². The molecule has 1 heterocycles. The van der Waals surface area contributed by atoms with Gasteiger partial charge in [0.15, 0.2) is 0 Å². The smallest absolute Gasteiger partial charge is 0.251 e. The van der Waals surface area contributed by atoms with Crippen molar-refractivity contribution in [1.82, 2.24) is 5.32 Å². The summed E-state index contributed by atoms with van der Waals surface area (Å²) >= 11 is 0. The first kappa shape index (κ1) is 8.31. The molecule has 2 unspecified atom stereocenters. The number of carbonyl (C=O) groups excluding carboxylic acids is 1. The molecular formula is C9H15NO. The van der Waals surface area contributed by atoms with Crippen LogP contribution in [-0.2, 0) is 4.79 Å². The van der Waals surface area contributed by atoms with Crippen LogP contribution in [0.4, 0.5) is 0 Å². The van der Waals surface area contributed by atoms with E-state index in [1.54, 1.807) is 6.08 Å². The summed E-state index contributed by atoms with van der Waals surface area (Å²) in [6.45, 7) is 7.88. The molecule has 0 aromatic carbocycles. The van der Waals surface area contributed by atoms with Crippen LogP contribution in [0.25, 0.3) is 0 Å². The highest BCUT2D eigenvalue weighted by Crippen LogP contribution is 2.32. The van der Waals surface area contributed by atoms with Crippen molar-refractivity contribution in [2.75, 3.05) is 0 Å². The molecule has 1 aliphatic heterocycles. The topological polar surface area (TPSA) is 39.0 Å². The Morgan fingerprint density at radius 3 is 2.64 bits per heavy atom. The standard InChI is InChI=1S/C9H15NO/c1-4-6-7(3)9(5-2)8(11)10-9/h5,7H,2,4,6H2,1,3H3,(H,10,11). The SMILES string of the molecule is C=CC1(C(C)CCC)NC1=O. The van der Waals surface area contributed by atoms with Crippen molar-refractivity contribution < 1.29 is 4.79 Å². The summed E-state index contributed by atoms with van der Waals surface area (Å²) in [5, 5.41) is 2.82. The predicted octanol–water partition coefficient (Wildman–Crippen LogP) is 1.48. The lowest BCUT2D eigenvalue weighted by atomic mass is 9.90. The molecular weight excluding hydrogens is 138 g/mol. The fourth-order valence-electron chi connectivity index (χ4n) is 1.51. The van der Waals surface area contributed by atoms with Crippen LogP contribution in [0.1, 0.15) is 26.7 Å². The van der Waals surface area contributed by atoms with Crippen molar-refractivity contribution in [1.29, 1.82) is 0 Å². The number of amides is 1. The number of hydrogen-bond acceptors (Lipinski definition) is 1. The van der Waals surface area contributed by atoms with Crippen molar-refractivity contribution in [2.24, 2.45) is 5.92 Å². The average Bonchev–Trinajstić information content (AvgIpc) is 2.63. The van der Waals surface area contributed by atoms with E-state index in [9.17, 15) is 4.79 Å². The first-order chi connectivity index (χ1) is 5.17. The number of nitrogens with one attached hydrogen (secondary N) is 1. The van der Waals surface area contributed by atoms with Crippen molar-refractivity contribution in [3.8, 4) is 0 Å². The lowest BCUT2D eigenvalue weighted by Gasteiger charge is -2.13. The minimum atomic E-state index is -0.365. The van der Waals surface area contributed by atoms with Crippen LogP contribution in [0.15, 0.2) is 12.7 Å². The Kier molecular flexibility index (Phi) is 2.03. The van der Waals surface area contributed by atoms with Crippen LogP contribution in [0, 0.1) is 5.92 Å². The molecule has 2 nitrogen and oxygen atoms in total. The van der Waals surface area contributed by atoms with Gasteiger partial charge in [0.25, 0.3) is 5.91 Å². The Morgan fingerprint density at radius 2 is 2.36 bits per heavy atom. The number of hydrogen-bond donors (Lipinski definition) is 1. The molecule has 1 rings (SSSR count). The van der Waals surface area contributed by atoms with Gasteiger partial charge in [0.1, 0.15) is 5.54 Å². The van der Waals surface area contributed by atoms with Crippen LogP contribution in [-0.4, -0.2) is 11.4 Å². The van der Waals surface area contributed by atoms with Crippen LogP contribution in [0.2, 0.25) is 0 Å². The third-order valence-electron chi connectivity index (χ3n) is 2.45. The third-order valence-corrected chi connectivity index (χ3v) is 2.45. The van der Waals surface area contributed by atoms with Crippen molar-refractivity contribution in [3.63, 3.8) is 0 Å². The summed E-state index contributed by atoms with van der Waals surface area (Å²) in [5.41, 5.74) is -0.365. The second kappa shape index (κ2) is 2.68. The zero-order valence-corrected chi connectivity index (χ0v) is 7.18. The molecule has 2 heteroatoms. The maximum absolute atomic E-state index is 11.0. The van der Waals surface area contributed by atoms with Crippen LogP contribution in [0.3, 0.4) is 0 Å². The summed E-state index contributed by atoms with van der Waals surface area (Å²) in [5.74, 6) is 0.519. The van der Waals surface area contributed by atoms with Gasteiger partial charge in [0, 0.05) is 0 Å². The van der Waals surface area contributed by atoms with Gasteiger partial charge in [-0.2, -0.15) is 0 Å². The molecule has 62 valence electrons. The van der Waals surface area contributed by atoms with Crippen LogP contribution < -0.4 is 5.32 Å². The first-order valence-electron chi connectivity index (χ1n) is 4.13. The van der Waals surface area contributed by atoms with Crippen molar-refractivity contribution in [3.05, 3.63) is 12.7 Å². The van der Waals surface area contributed by atoms with Crippen LogP contribution in [0.5, 0.6) is 0 Å². The molecule has 2 atom stereocenters. The number of carbonyl (C=O) groups is 1. The van der Waals surface area contributed by atoms with E-state index < -0.39 is 0 Å². The minimum absolute atomic E-state index is 0.133. The molecule has 0 spiro atoms. The summed E-state index contributed by atoms with van der Waals surface area (Å²) in [7, 11) is 0. The molecule has 0 radical (unpaired) electrons. The lowest BCUT2D eigenvalue weighted by Crippen LogP contribution is -2.22. The maximum atomic E-state index is 11.0. The molecule has 0 aromatic rings. The zero-order chi connectivity index (χ0) is 8.48. The molecule has 1 fully saturated rings. The molecule has 1 N–H and O–H groups in total. The molecule has 1 saturated heterocycles. The van der Waals surface area contributed by atoms with Gasteiger partial charge in [0.05, 0.1) is 0 Å². The summed E-state index contributed by atoms with van der Waals surface area (Å²) < 4.78 is 0. The minimum Gasteiger partial charge on any atom is -0.336 e. The molecule has 0 aliphatic carbocycles. The second-order valence-electron chi connectivity index (χ2n) is 3.22. The summed E-state index contributed by atoms with van der Waals surface area (Å²) in [6, 6.07) is 0. The van der Waals surface area contributed by atoms with E-state index in [1.165, 1.54) is 0 Å². The van der Waals surface area contributed by atoms with Gasteiger partial charge < -0.3 is 5.32 Å². The van der Waals surface area contributed by atoms with E-state index >= 15 is 0 Å². The quantitative estimate of drug-likeness (QED) is 0.482. The van der Waals surface area contributed by atoms with Gasteiger partial charge in [-0.1, -0.05) is 26.3 Å². The van der Waals surface area contributed by atoms with Crippen molar-refractivity contribution >= 4 is 5.91 Å².